The van der Waals surface area contributed by atoms with Gasteiger partial charge in [0.05, 0.1) is 36.2 Å². The molecule has 1 saturated heterocycles. The van der Waals surface area contributed by atoms with E-state index in [1.165, 1.54) is 4.68 Å². The lowest BCUT2D eigenvalue weighted by molar-refractivity contribution is -0.157. The first-order chi connectivity index (χ1) is 11.2. The fourth-order valence-corrected chi connectivity index (χ4v) is 2.94. The van der Waals surface area contributed by atoms with Crippen LogP contribution >= 0.6 is 0 Å². The third-order valence-corrected chi connectivity index (χ3v) is 4.42. The zero-order valence-corrected chi connectivity index (χ0v) is 15.7. The van der Waals surface area contributed by atoms with Gasteiger partial charge in [0, 0.05) is 0 Å². The molecule has 1 aromatic heterocycles. The topological polar surface area (TPSA) is 95.3 Å². The zero-order valence-electron chi connectivity index (χ0n) is 14.8. The molecule has 2 rings (SSSR count). The highest BCUT2D eigenvalue weighted by atomic mass is 32.2. The highest BCUT2D eigenvalue weighted by molar-refractivity contribution is 7.63. The monoisotopic (exact) mass is 358 g/mol. The van der Waals surface area contributed by atoms with Gasteiger partial charge in [-0.2, -0.15) is 0 Å². The molecule has 2 unspecified atom stereocenters. The van der Waals surface area contributed by atoms with Crippen LogP contribution in [0.2, 0.25) is 0 Å². The van der Waals surface area contributed by atoms with Crippen molar-refractivity contribution < 1.29 is 18.5 Å². The van der Waals surface area contributed by atoms with Crippen molar-refractivity contribution in [1.82, 2.24) is 19.7 Å². The molecule has 1 aliphatic heterocycles. The Balaban J connectivity index is 2.09. The van der Waals surface area contributed by atoms with Crippen LogP contribution in [0.25, 0.3) is 0 Å². The normalized spacial score (nSPS) is 24.0. The maximum Gasteiger partial charge on any atom is 0.313 e. The number of ether oxygens (including phenoxy) is 2. The van der Waals surface area contributed by atoms with Crippen molar-refractivity contribution in [3.05, 3.63) is 11.9 Å². The van der Waals surface area contributed by atoms with Crippen molar-refractivity contribution in [2.24, 2.45) is 11.3 Å². The summed E-state index contributed by atoms with van der Waals surface area (Å²) in [5, 5.41) is 8.17. The fraction of sp³-hybridized carbons (Fsp3) is 0.800. The number of hydrogen-bond acceptors (Lipinski definition) is 6. The zero-order chi connectivity index (χ0) is 18.0. The van der Waals surface area contributed by atoms with Crippen molar-refractivity contribution in [2.75, 3.05) is 6.61 Å². The van der Waals surface area contributed by atoms with Gasteiger partial charge in [-0.15, -0.1) is 5.10 Å². The van der Waals surface area contributed by atoms with E-state index in [1.54, 1.807) is 27.0 Å². The predicted octanol–water partition coefficient (Wildman–Crippen LogP) is 0.915. The summed E-state index contributed by atoms with van der Waals surface area (Å²) in [5.41, 5.74) is -0.563. The van der Waals surface area contributed by atoms with E-state index >= 15 is 0 Å². The lowest BCUT2D eigenvalue weighted by Gasteiger charge is -2.47. The number of esters is 1. The molecule has 0 bridgehead atoms. The molecular formula is C15H26N4O4S. The second-order valence-corrected chi connectivity index (χ2v) is 7.96. The Kier molecular flexibility index (Phi) is 5.77. The smallest absolute Gasteiger partial charge is 0.313 e. The second kappa shape index (κ2) is 7.28. The van der Waals surface area contributed by atoms with Crippen molar-refractivity contribution in [3.8, 4) is 0 Å². The van der Waals surface area contributed by atoms with Crippen LogP contribution in [0, 0.1) is 11.3 Å². The molecule has 0 spiro atoms. The highest BCUT2D eigenvalue weighted by Crippen LogP contribution is 2.38. The molecular weight excluding hydrogens is 332 g/mol. The molecule has 0 radical (unpaired) electrons. The second-order valence-electron chi connectivity index (χ2n) is 7.56. The van der Waals surface area contributed by atoms with E-state index < -0.39 is 11.0 Å². The molecule has 1 fully saturated rings. The van der Waals surface area contributed by atoms with E-state index in [-0.39, 0.29) is 30.7 Å². The third kappa shape index (κ3) is 4.01. The summed E-state index contributed by atoms with van der Waals surface area (Å²) < 4.78 is 26.4. The molecule has 2 heterocycles. The quantitative estimate of drug-likeness (QED) is 0.556. The third-order valence-electron chi connectivity index (χ3n) is 3.93. The lowest BCUT2D eigenvalue weighted by Crippen LogP contribution is -2.63. The number of nitrogens with zero attached hydrogens (tertiary/aromatic N) is 3. The minimum absolute atomic E-state index is 0.00994. The van der Waals surface area contributed by atoms with Crippen molar-refractivity contribution in [2.45, 2.75) is 59.4 Å². The number of aromatic nitrogens is 3. The van der Waals surface area contributed by atoms with Gasteiger partial charge in [-0.05, 0) is 33.1 Å². The number of nitrogens with one attached hydrogen (secondary N) is 1. The summed E-state index contributed by atoms with van der Waals surface area (Å²) in [6.07, 6.45) is 2.39. The molecule has 2 atom stereocenters. The van der Waals surface area contributed by atoms with Crippen LogP contribution in [-0.2, 0) is 38.4 Å². The van der Waals surface area contributed by atoms with Crippen molar-refractivity contribution in [3.63, 3.8) is 0 Å². The van der Waals surface area contributed by atoms with Gasteiger partial charge >= 0.3 is 5.97 Å². The first kappa shape index (κ1) is 19.0. The number of carbonyl (C=O) groups excluding carboxylic acids is 1. The molecule has 0 saturated carbocycles. The Morgan fingerprint density at radius 2 is 2.29 bits per heavy atom. The van der Waals surface area contributed by atoms with Crippen LogP contribution in [-0.4, -0.2) is 37.9 Å². The van der Waals surface area contributed by atoms with Gasteiger partial charge in [-0.3, -0.25) is 4.79 Å². The standard InChI is InChI=1S/C15H26N4O4S/c1-10(2)6-12-15(8-22-12,17-24-21)11-7-19(18-16-11)9-23-13(20)14(3,4)5/h7,10,12,24H,6,8-9H2,1-5H3,(H,17,21). The molecule has 1 N–H and O–H groups in total. The minimum Gasteiger partial charge on any atom is -0.442 e. The fourth-order valence-electron chi connectivity index (χ4n) is 2.45. The van der Waals surface area contributed by atoms with Gasteiger partial charge < -0.3 is 9.47 Å². The molecule has 0 aliphatic carbocycles. The molecule has 0 amide bonds. The van der Waals surface area contributed by atoms with Crippen LogP contribution in [0.3, 0.4) is 0 Å². The molecule has 0 aromatic carbocycles. The number of thiol groups is 1. The maximum atomic E-state index is 11.8. The summed E-state index contributed by atoms with van der Waals surface area (Å²) >= 11 is -0.185. The Bertz CT molecular complexity index is 599. The Morgan fingerprint density at radius 1 is 1.58 bits per heavy atom. The first-order valence-electron chi connectivity index (χ1n) is 7.98. The lowest BCUT2D eigenvalue weighted by atomic mass is 9.81. The van der Waals surface area contributed by atoms with Crippen molar-refractivity contribution >= 4 is 17.8 Å². The number of carbonyl (C=O) groups is 1. The summed E-state index contributed by atoms with van der Waals surface area (Å²) in [5.74, 6) is 0.123. The van der Waals surface area contributed by atoms with Gasteiger partial charge in [0.15, 0.2) is 6.73 Å². The molecule has 1 aliphatic rings. The number of rotatable bonds is 7. The summed E-state index contributed by atoms with van der Waals surface area (Å²) in [6, 6.07) is 0. The van der Waals surface area contributed by atoms with Crippen LogP contribution in [0.1, 0.15) is 46.7 Å². The van der Waals surface area contributed by atoms with Gasteiger partial charge in [0.1, 0.15) is 11.2 Å². The number of hydrogen-bond donors (Lipinski definition) is 2. The Labute approximate surface area is 145 Å². The van der Waals surface area contributed by atoms with Gasteiger partial charge in [-0.25, -0.2) is 13.6 Å². The average molecular weight is 358 g/mol. The van der Waals surface area contributed by atoms with Gasteiger partial charge in [-0.1, -0.05) is 19.1 Å². The summed E-state index contributed by atoms with van der Waals surface area (Å²) in [4.78, 5) is 11.8. The van der Waals surface area contributed by atoms with Crippen LogP contribution < -0.4 is 4.72 Å². The largest absolute Gasteiger partial charge is 0.442 e. The Hall–Kier alpha value is -1.32. The van der Waals surface area contributed by atoms with Crippen LogP contribution in [0.5, 0.6) is 0 Å². The van der Waals surface area contributed by atoms with E-state index in [1.807, 2.05) is 0 Å². The Morgan fingerprint density at radius 3 is 2.79 bits per heavy atom. The van der Waals surface area contributed by atoms with Crippen LogP contribution in [0.15, 0.2) is 6.20 Å². The molecule has 136 valence electrons. The van der Waals surface area contributed by atoms with E-state index in [0.29, 0.717) is 18.2 Å². The van der Waals surface area contributed by atoms with Gasteiger partial charge in [0.2, 0.25) is 0 Å². The molecule has 9 heteroatoms. The molecule has 1 aromatic rings. The van der Waals surface area contributed by atoms with Crippen LogP contribution in [0.4, 0.5) is 0 Å². The van der Waals surface area contributed by atoms with E-state index in [9.17, 15) is 9.00 Å². The predicted molar refractivity (Wildman–Crippen MR) is 89.1 cm³/mol. The average Bonchev–Trinajstić information content (AvgIpc) is 2.94. The van der Waals surface area contributed by atoms with Gasteiger partial charge in [0.25, 0.3) is 0 Å². The SMILES string of the molecule is CC(C)CC1OCC1(N[SH]=O)c1cn(COC(=O)C(C)(C)C)nn1. The van der Waals surface area contributed by atoms with E-state index in [0.717, 1.165) is 6.42 Å². The van der Waals surface area contributed by atoms with Crippen molar-refractivity contribution in [1.29, 1.82) is 0 Å². The minimum atomic E-state index is -0.625. The highest BCUT2D eigenvalue weighted by Gasteiger charge is 2.52. The molecule has 8 nitrogen and oxygen atoms in total. The maximum absolute atomic E-state index is 11.8. The summed E-state index contributed by atoms with van der Waals surface area (Å²) in [6.45, 7) is 9.93. The van der Waals surface area contributed by atoms with E-state index in [4.69, 9.17) is 9.47 Å². The molecule has 24 heavy (non-hydrogen) atoms. The first-order valence-corrected chi connectivity index (χ1v) is 8.79. The summed E-state index contributed by atoms with van der Waals surface area (Å²) in [7, 11) is 0. The van der Waals surface area contributed by atoms with E-state index in [2.05, 4.69) is 28.9 Å².